The summed E-state index contributed by atoms with van der Waals surface area (Å²) in [6.07, 6.45) is 0.609. The summed E-state index contributed by atoms with van der Waals surface area (Å²) >= 11 is 5.67. The zero-order valence-electron chi connectivity index (χ0n) is 9.85. The van der Waals surface area contributed by atoms with Crippen molar-refractivity contribution < 1.29 is 9.72 Å². The fourth-order valence-corrected chi connectivity index (χ4v) is 1.62. The molecule has 0 heterocycles. The molecule has 0 aliphatic heterocycles. The number of halogens is 1. The van der Waals surface area contributed by atoms with Crippen molar-refractivity contribution >= 4 is 28.9 Å². The van der Waals surface area contributed by atoms with Crippen LogP contribution >= 0.6 is 11.6 Å². The van der Waals surface area contributed by atoms with Gasteiger partial charge in [0.1, 0.15) is 5.02 Å². The first-order valence-corrected chi connectivity index (χ1v) is 5.82. The molecule has 18 heavy (non-hydrogen) atoms. The number of amides is 1. The lowest BCUT2D eigenvalue weighted by Crippen LogP contribution is -2.28. The van der Waals surface area contributed by atoms with Crippen LogP contribution in [-0.4, -0.2) is 17.4 Å². The van der Waals surface area contributed by atoms with Crippen LogP contribution in [0.15, 0.2) is 18.2 Å². The van der Waals surface area contributed by atoms with Gasteiger partial charge in [-0.2, -0.15) is 0 Å². The number of carbonyl (C=O) groups is 1. The predicted octanol–water partition coefficient (Wildman–Crippen LogP) is 2.17. The quantitative estimate of drug-likeness (QED) is 0.633. The molecule has 0 aliphatic rings. The normalized spacial score (nSPS) is 11.9. The van der Waals surface area contributed by atoms with Crippen molar-refractivity contribution in [3.63, 3.8) is 0 Å². The average Bonchev–Trinajstić information content (AvgIpc) is 2.32. The Morgan fingerprint density at radius 3 is 2.78 bits per heavy atom. The van der Waals surface area contributed by atoms with Crippen LogP contribution in [0.4, 0.5) is 11.4 Å². The fraction of sp³-hybridized carbons (Fsp3) is 0.364. The molecule has 98 valence electrons. The number of nitro benzene ring substituents is 1. The molecule has 1 aromatic carbocycles. The molecular formula is C11H14ClN3O3. The van der Waals surface area contributed by atoms with Crippen LogP contribution in [0, 0.1) is 16.0 Å². The molecule has 6 nitrogen and oxygen atoms in total. The third-order valence-corrected chi connectivity index (χ3v) is 2.88. The van der Waals surface area contributed by atoms with Gasteiger partial charge in [0.15, 0.2) is 0 Å². The van der Waals surface area contributed by atoms with Crippen LogP contribution < -0.4 is 11.1 Å². The van der Waals surface area contributed by atoms with Gasteiger partial charge in [-0.1, -0.05) is 18.5 Å². The SMILES string of the molecule is CCC(CN)C(=O)Nc1ccc(Cl)c([N+](=O)[O-])c1. The smallest absolute Gasteiger partial charge is 0.289 e. The number of anilines is 1. The molecule has 1 rings (SSSR count). The van der Waals surface area contributed by atoms with Gasteiger partial charge < -0.3 is 11.1 Å². The zero-order valence-corrected chi connectivity index (χ0v) is 10.6. The molecule has 0 aliphatic carbocycles. The zero-order chi connectivity index (χ0) is 13.7. The van der Waals surface area contributed by atoms with Crippen LogP contribution in [0.25, 0.3) is 0 Å². The number of benzene rings is 1. The second-order valence-electron chi connectivity index (χ2n) is 3.75. The highest BCUT2D eigenvalue weighted by molar-refractivity contribution is 6.32. The maximum atomic E-state index is 11.7. The Morgan fingerprint density at radius 2 is 2.28 bits per heavy atom. The van der Waals surface area contributed by atoms with Gasteiger partial charge in [-0.25, -0.2) is 0 Å². The van der Waals surface area contributed by atoms with Crippen molar-refractivity contribution in [1.29, 1.82) is 0 Å². The molecular weight excluding hydrogens is 258 g/mol. The molecule has 0 spiro atoms. The summed E-state index contributed by atoms with van der Waals surface area (Å²) in [5.41, 5.74) is 5.55. The summed E-state index contributed by atoms with van der Waals surface area (Å²) in [6.45, 7) is 2.08. The summed E-state index contributed by atoms with van der Waals surface area (Å²) in [7, 11) is 0. The number of rotatable bonds is 5. The summed E-state index contributed by atoms with van der Waals surface area (Å²) < 4.78 is 0. The van der Waals surface area contributed by atoms with Crippen LogP contribution in [0.5, 0.6) is 0 Å². The Balaban J connectivity index is 2.89. The molecule has 7 heteroatoms. The Hall–Kier alpha value is -1.66. The molecule has 0 radical (unpaired) electrons. The van der Waals surface area contributed by atoms with E-state index in [1.54, 1.807) is 0 Å². The van der Waals surface area contributed by atoms with Crippen LogP contribution in [-0.2, 0) is 4.79 Å². The molecule has 1 atom stereocenters. The van der Waals surface area contributed by atoms with Gasteiger partial charge >= 0.3 is 0 Å². The third kappa shape index (κ3) is 3.41. The average molecular weight is 272 g/mol. The number of hydrogen-bond donors (Lipinski definition) is 2. The highest BCUT2D eigenvalue weighted by Crippen LogP contribution is 2.27. The fourth-order valence-electron chi connectivity index (χ4n) is 1.43. The second-order valence-corrected chi connectivity index (χ2v) is 4.16. The van der Waals surface area contributed by atoms with Gasteiger partial charge in [0, 0.05) is 18.3 Å². The summed E-state index contributed by atoms with van der Waals surface area (Å²) in [4.78, 5) is 21.8. The van der Waals surface area contributed by atoms with E-state index in [1.807, 2.05) is 6.92 Å². The number of hydrogen-bond acceptors (Lipinski definition) is 4. The van der Waals surface area contributed by atoms with Crippen molar-refractivity contribution in [1.82, 2.24) is 0 Å². The minimum atomic E-state index is -0.599. The minimum absolute atomic E-state index is 0.0314. The van der Waals surface area contributed by atoms with Gasteiger partial charge in [0.25, 0.3) is 5.69 Å². The van der Waals surface area contributed by atoms with E-state index >= 15 is 0 Å². The largest absolute Gasteiger partial charge is 0.330 e. The lowest BCUT2D eigenvalue weighted by Gasteiger charge is -2.12. The van der Waals surface area contributed by atoms with Crippen molar-refractivity contribution in [3.05, 3.63) is 33.3 Å². The van der Waals surface area contributed by atoms with E-state index in [0.717, 1.165) is 0 Å². The maximum absolute atomic E-state index is 11.7. The highest BCUT2D eigenvalue weighted by atomic mass is 35.5. The minimum Gasteiger partial charge on any atom is -0.330 e. The van der Waals surface area contributed by atoms with Gasteiger partial charge in [-0.15, -0.1) is 0 Å². The first-order chi connectivity index (χ1) is 8.49. The van der Waals surface area contributed by atoms with E-state index in [9.17, 15) is 14.9 Å². The highest BCUT2D eigenvalue weighted by Gasteiger charge is 2.17. The summed E-state index contributed by atoms with van der Waals surface area (Å²) in [6, 6.07) is 4.11. The number of nitrogens with two attached hydrogens (primary N) is 1. The van der Waals surface area contributed by atoms with Gasteiger partial charge in [-0.05, 0) is 18.6 Å². The molecule has 0 saturated heterocycles. The van der Waals surface area contributed by atoms with Crippen LogP contribution in [0.1, 0.15) is 13.3 Å². The molecule has 0 saturated carbocycles. The molecule has 1 amide bonds. The van der Waals surface area contributed by atoms with Crippen LogP contribution in [0.2, 0.25) is 5.02 Å². The van der Waals surface area contributed by atoms with Crippen molar-refractivity contribution in [2.75, 3.05) is 11.9 Å². The van der Waals surface area contributed by atoms with E-state index in [-0.39, 0.29) is 29.1 Å². The van der Waals surface area contributed by atoms with Crippen LogP contribution in [0.3, 0.4) is 0 Å². The molecule has 0 aromatic heterocycles. The van der Waals surface area contributed by atoms with E-state index in [4.69, 9.17) is 17.3 Å². The standard InChI is InChI=1S/C11H14ClN3O3/c1-2-7(6-13)11(16)14-8-3-4-9(12)10(5-8)15(17)18/h3-5,7H,2,6,13H2,1H3,(H,14,16). The van der Waals surface area contributed by atoms with Crippen molar-refractivity contribution in [2.45, 2.75) is 13.3 Å². The third-order valence-electron chi connectivity index (χ3n) is 2.56. The van der Waals surface area contributed by atoms with Gasteiger partial charge in [0.05, 0.1) is 10.8 Å². The summed E-state index contributed by atoms with van der Waals surface area (Å²) in [5, 5.41) is 13.3. The lowest BCUT2D eigenvalue weighted by molar-refractivity contribution is -0.384. The van der Waals surface area contributed by atoms with E-state index in [2.05, 4.69) is 5.32 Å². The summed E-state index contributed by atoms with van der Waals surface area (Å²) in [5.74, 6) is -0.559. The molecule has 0 fully saturated rings. The Kier molecular flexibility index (Phi) is 5.06. The number of nitrogens with zero attached hydrogens (tertiary/aromatic N) is 1. The van der Waals surface area contributed by atoms with Gasteiger partial charge in [-0.3, -0.25) is 14.9 Å². The maximum Gasteiger partial charge on any atom is 0.289 e. The lowest BCUT2D eigenvalue weighted by atomic mass is 10.1. The van der Waals surface area contributed by atoms with E-state index < -0.39 is 4.92 Å². The van der Waals surface area contributed by atoms with Gasteiger partial charge in [0.2, 0.25) is 5.91 Å². The number of nitro groups is 1. The topological polar surface area (TPSA) is 98.3 Å². The molecule has 1 aromatic rings. The first-order valence-electron chi connectivity index (χ1n) is 5.44. The van der Waals surface area contributed by atoms with Crippen molar-refractivity contribution in [3.8, 4) is 0 Å². The predicted molar refractivity (Wildman–Crippen MR) is 69.6 cm³/mol. The molecule has 1 unspecified atom stereocenters. The number of nitrogens with one attached hydrogen (secondary N) is 1. The number of carbonyl (C=O) groups excluding carboxylic acids is 1. The monoisotopic (exact) mass is 271 g/mol. The Bertz CT molecular complexity index is 461. The van der Waals surface area contributed by atoms with E-state index in [0.29, 0.717) is 12.1 Å². The first kappa shape index (κ1) is 14.4. The van der Waals surface area contributed by atoms with Crippen molar-refractivity contribution in [2.24, 2.45) is 11.7 Å². The molecule has 3 N–H and O–H groups in total. The Morgan fingerprint density at radius 1 is 1.61 bits per heavy atom. The van der Waals surface area contributed by atoms with E-state index in [1.165, 1.54) is 18.2 Å². The Labute approximate surface area is 109 Å². The molecule has 0 bridgehead atoms. The second kappa shape index (κ2) is 6.32.